The number of benzene rings is 1. The molecule has 3 amide bonds. The normalized spacial score (nSPS) is 17.8. The predicted octanol–water partition coefficient (Wildman–Crippen LogP) is 3.61. The van der Waals surface area contributed by atoms with E-state index in [0.717, 1.165) is 37.1 Å². The first-order chi connectivity index (χ1) is 20.0. The molecule has 2 N–H and O–H groups in total. The van der Waals surface area contributed by atoms with Gasteiger partial charge in [-0.15, -0.1) is 0 Å². The summed E-state index contributed by atoms with van der Waals surface area (Å²) in [5.74, 6) is 1.78. The Bertz CT molecular complexity index is 1320. The molecule has 11 nitrogen and oxygen atoms in total. The van der Waals surface area contributed by atoms with Crippen LogP contribution < -0.4 is 20.3 Å². The van der Waals surface area contributed by atoms with Crippen LogP contribution in [0, 0.1) is 0 Å². The minimum absolute atomic E-state index is 0.0935. The molecule has 1 aliphatic heterocycles. The number of carbonyl (C=O) groups excluding carboxylic acids is 2. The number of anilines is 1. The van der Waals surface area contributed by atoms with Gasteiger partial charge in [0.15, 0.2) is 0 Å². The van der Waals surface area contributed by atoms with Crippen LogP contribution in [-0.2, 0) is 11.2 Å². The van der Waals surface area contributed by atoms with E-state index in [9.17, 15) is 9.59 Å². The van der Waals surface area contributed by atoms with E-state index in [1.807, 2.05) is 29.2 Å². The van der Waals surface area contributed by atoms with Crippen LogP contribution in [0.5, 0.6) is 5.75 Å². The Kier molecular flexibility index (Phi) is 9.55. The highest BCUT2D eigenvalue weighted by atomic mass is 35.5. The van der Waals surface area contributed by atoms with Crippen LogP contribution in [0.25, 0.3) is 5.95 Å². The minimum Gasteiger partial charge on any atom is -0.495 e. The number of rotatable bonds is 9. The van der Waals surface area contributed by atoms with Crippen molar-refractivity contribution in [3.05, 3.63) is 59.8 Å². The number of hydrogen-bond donors (Lipinski definition) is 2. The van der Waals surface area contributed by atoms with Crippen molar-refractivity contribution in [2.45, 2.75) is 57.0 Å². The van der Waals surface area contributed by atoms with Gasteiger partial charge < -0.3 is 25.2 Å². The maximum absolute atomic E-state index is 13.4. The lowest BCUT2D eigenvalue weighted by molar-refractivity contribution is -0.122. The first kappa shape index (κ1) is 28.7. The molecule has 3 aromatic rings. The first-order valence-electron chi connectivity index (χ1n) is 14.2. The summed E-state index contributed by atoms with van der Waals surface area (Å²) < 4.78 is 6.96. The molecule has 1 unspecified atom stereocenters. The van der Waals surface area contributed by atoms with Gasteiger partial charge in [-0.1, -0.05) is 36.9 Å². The second-order valence-corrected chi connectivity index (χ2v) is 10.9. The van der Waals surface area contributed by atoms with Crippen LogP contribution in [0.1, 0.15) is 44.1 Å². The smallest absolute Gasteiger partial charge is 0.318 e. The number of piperazine rings is 1. The SMILES string of the molecule is COc1ccc(CCNC(=O)CC2CN(c3ccnc(-n4ccnc4)n3)CCN2C(=O)NC2CCCCC2)cc1Cl. The van der Waals surface area contributed by atoms with E-state index in [0.29, 0.717) is 49.3 Å². The molecule has 0 bridgehead atoms. The van der Waals surface area contributed by atoms with Crippen molar-refractivity contribution < 1.29 is 14.3 Å². The Morgan fingerprint density at radius 2 is 1.98 bits per heavy atom. The van der Waals surface area contributed by atoms with Gasteiger partial charge >= 0.3 is 6.03 Å². The fraction of sp³-hybridized carbons (Fsp3) is 0.483. The van der Waals surface area contributed by atoms with E-state index < -0.39 is 0 Å². The van der Waals surface area contributed by atoms with Gasteiger partial charge in [0, 0.05) is 57.2 Å². The average molecular weight is 581 g/mol. The second-order valence-electron chi connectivity index (χ2n) is 10.5. The number of hydrogen-bond acceptors (Lipinski definition) is 7. The summed E-state index contributed by atoms with van der Waals surface area (Å²) in [7, 11) is 1.58. The number of amides is 3. The maximum atomic E-state index is 13.4. The van der Waals surface area contributed by atoms with Crippen molar-refractivity contribution in [1.82, 2.24) is 35.1 Å². The van der Waals surface area contributed by atoms with Gasteiger partial charge in [-0.2, -0.15) is 4.98 Å². The molecule has 2 aliphatic rings. The fourth-order valence-corrected chi connectivity index (χ4v) is 5.81. The number of nitrogens with zero attached hydrogens (tertiary/aromatic N) is 6. The van der Waals surface area contributed by atoms with Crippen molar-refractivity contribution in [3.8, 4) is 11.7 Å². The van der Waals surface area contributed by atoms with Gasteiger partial charge in [0.05, 0.1) is 18.2 Å². The summed E-state index contributed by atoms with van der Waals surface area (Å²) >= 11 is 6.24. The molecule has 1 saturated heterocycles. The number of nitrogens with one attached hydrogen (secondary N) is 2. The lowest BCUT2D eigenvalue weighted by Gasteiger charge is -2.42. The zero-order valence-corrected chi connectivity index (χ0v) is 24.1. The van der Waals surface area contributed by atoms with Crippen LogP contribution in [0.3, 0.4) is 0 Å². The third-order valence-electron chi connectivity index (χ3n) is 7.74. The summed E-state index contributed by atoms with van der Waals surface area (Å²) in [5.41, 5.74) is 1.01. The quantitative estimate of drug-likeness (QED) is 0.397. The summed E-state index contributed by atoms with van der Waals surface area (Å²) in [6, 6.07) is 7.26. The fourth-order valence-electron chi connectivity index (χ4n) is 5.52. The van der Waals surface area contributed by atoms with Crippen LogP contribution >= 0.6 is 11.6 Å². The van der Waals surface area contributed by atoms with Crippen LogP contribution in [0.4, 0.5) is 10.6 Å². The lowest BCUT2D eigenvalue weighted by Crippen LogP contribution is -2.60. The van der Waals surface area contributed by atoms with E-state index in [4.69, 9.17) is 21.3 Å². The van der Waals surface area contributed by atoms with E-state index in [1.165, 1.54) is 6.42 Å². The number of methoxy groups -OCH3 is 1. The molecule has 41 heavy (non-hydrogen) atoms. The third kappa shape index (κ3) is 7.46. The molecule has 0 radical (unpaired) electrons. The molecule has 2 fully saturated rings. The van der Waals surface area contributed by atoms with E-state index in [-0.39, 0.29) is 30.4 Å². The van der Waals surface area contributed by atoms with E-state index >= 15 is 0 Å². The van der Waals surface area contributed by atoms with Gasteiger partial charge in [0.25, 0.3) is 0 Å². The summed E-state index contributed by atoms with van der Waals surface area (Å²) in [4.78, 5) is 43.6. The molecule has 218 valence electrons. The van der Waals surface area contributed by atoms with Gasteiger partial charge in [-0.05, 0) is 43.0 Å². The standard InChI is InChI=1S/C29H37ClN8O3/c1-41-25-8-7-21(17-24(25)30)9-11-32-27(39)18-23-19-36(26-10-12-33-28(35-26)37-14-13-31-20-37)15-16-38(23)29(40)34-22-5-3-2-4-6-22/h7-8,10,12-14,17,20,22-23H,2-6,9,11,15-16,18-19H2,1H3,(H,32,39)(H,34,40). The van der Waals surface area contributed by atoms with E-state index in [2.05, 4.69) is 25.5 Å². The summed E-state index contributed by atoms with van der Waals surface area (Å²) in [6.07, 6.45) is 13.2. The monoisotopic (exact) mass is 580 g/mol. The topological polar surface area (TPSA) is 118 Å². The number of imidazole rings is 1. The van der Waals surface area contributed by atoms with Gasteiger partial charge in [-0.3, -0.25) is 9.36 Å². The van der Waals surface area contributed by atoms with Crippen LogP contribution in [-0.4, -0.2) is 81.7 Å². The number of halogens is 1. The summed E-state index contributed by atoms with van der Waals surface area (Å²) in [5, 5.41) is 6.80. The average Bonchev–Trinajstić information content (AvgIpc) is 3.53. The van der Waals surface area contributed by atoms with Crippen molar-refractivity contribution in [1.29, 1.82) is 0 Å². The van der Waals surface area contributed by atoms with Crippen molar-refractivity contribution in [2.24, 2.45) is 0 Å². The number of carbonyl (C=O) groups is 2. The highest BCUT2D eigenvalue weighted by Crippen LogP contribution is 2.25. The van der Waals surface area contributed by atoms with E-state index in [1.54, 1.807) is 36.6 Å². The Balaban J connectivity index is 1.24. The Labute approximate surface area is 245 Å². The Hall–Kier alpha value is -3.86. The summed E-state index contributed by atoms with van der Waals surface area (Å²) in [6.45, 7) is 2.05. The van der Waals surface area contributed by atoms with Crippen LogP contribution in [0.2, 0.25) is 5.02 Å². The lowest BCUT2D eigenvalue weighted by atomic mass is 9.95. The molecule has 1 aromatic carbocycles. The zero-order chi connectivity index (χ0) is 28.6. The minimum atomic E-state index is -0.311. The number of ether oxygens (including phenoxy) is 1. The molecule has 2 aromatic heterocycles. The zero-order valence-electron chi connectivity index (χ0n) is 23.3. The number of urea groups is 1. The van der Waals surface area contributed by atoms with Gasteiger partial charge in [-0.25, -0.2) is 14.8 Å². The predicted molar refractivity (Wildman–Crippen MR) is 157 cm³/mol. The maximum Gasteiger partial charge on any atom is 0.318 e. The largest absolute Gasteiger partial charge is 0.495 e. The molecule has 1 saturated carbocycles. The van der Waals surface area contributed by atoms with Gasteiger partial charge in [0.1, 0.15) is 17.9 Å². The Morgan fingerprint density at radius 3 is 2.73 bits per heavy atom. The van der Waals surface area contributed by atoms with Crippen molar-refractivity contribution in [2.75, 3.05) is 38.2 Å². The molecular weight excluding hydrogens is 544 g/mol. The first-order valence-corrected chi connectivity index (χ1v) is 14.6. The molecule has 1 aliphatic carbocycles. The molecule has 12 heteroatoms. The molecule has 0 spiro atoms. The molecule has 5 rings (SSSR count). The van der Waals surface area contributed by atoms with Gasteiger partial charge in [0.2, 0.25) is 11.9 Å². The highest BCUT2D eigenvalue weighted by Gasteiger charge is 2.33. The molecule has 3 heterocycles. The highest BCUT2D eigenvalue weighted by molar-refractivity contribution is 6.32. The molecule has 1 atom stereocenters. The second kappa shape index (κ2) is 13.7. The molecular formula is C29H37ClN8O3. The third-order valence-corrected chi connectivity index (χ3v) is 8.03. The number of aromatic nitrogens is 4. The Morgan fingerprint density at radius 1 is 1.12 bits per heavy atom. The van der Waals surface area contributed by atoms with Crippen LogP contribution in [0.15, 0.2) is 49.2 Å². The van der Waals surface area contributed by atoms with Crippen molar-refractivity contribution >= 4 is 29.4 Å². The van der Waals surface area contributed by atoms with Crippen molar-refractivity contribution in [3.63, 3.8) is 0 Å².